The molecule has 12 heavy (non-hydrogen) atoms. The van der Waals surface area contributed by atoms with Gasteiger partial charge >= 0.3 is 0 Å². The smallest absolute Gasteiger partial charge is 0.110 e. The maximum atomic E-state index is 9.12. The van der Waals surface area contributed by atoms with Crippen molar-refractivity contribution in [2.75, 3.05) is 6.61 Å². The zero-order valence-electron chi connectivity index (χ0n) is 6.96. The lowest BCUT2D eigenvalue weighted by Crippen LogP contribution is -2.45. The zero-order valence-corrected chi connectivity index (χ0v) is 6.96. The zero-order chi connectivity index (χ0) is 9.72. The summed E-state index contributed by atoms with van der Waals surface area (Å²) in [5.41, 5.74) is 0. The summed E-state index contributed by atoms with van der Waals surface area (Å²) in [6.07, 6.45) is -5.15. The van der Waals surface area contributed by atoms with E-state index in [1.807, 2.05) is 0 Å². The average molecular weight is 180 g/mol. The van der Waals surface area contributed by atoms with Crippen molar-refractivity contribution in [3.8, 4) is 0 Å². The average Bonchev–Trinajstić information content (AvgIpc) is 2.12. The topological polar surface area (TPSA) is 101 Å². The Bertz CT molecular complexity index is 104. The second-order valence-electron chi connectivity index (χ2n) is 2.71. The van der Waals surface area contributed by atoms with E-state index in [0.717, 1.165) is 0 Å². The van der Waals surface area contributed by atoms with Gasteiger partial charge in [0, 0.05) is 0 Å². The molecule has 4 atom stereocenters. The molecule has 0 aromatic carbocycles. The Morgan fingerprint density at radius 1 is 0.917 bits per heavy atom. The van der Waals surface area contributed by atoms with Gasteiger partial charge in [0.1, 0.15) is 18.3 Å². The van der Waals surface area contributed by atoms with Crippen molar-refractivity contribution in [2.24, 2.45) is 0 Å². The Morgan fingerprint density at radius 3 is 1.67 bits per heavy atom. The van der Waals surface area contributed by atoms with Crippen LogP contribution >= 0.6 is 0 Å². The third kappa shape index (κ3) is 3.04. The molecule has 0 aliphatic heterocycles. The third-order valence-electron chi connectivity index (χ3n) is 1.74. The predicted molar refractivity (Wildman–Crippen MR) is 41.4 cm³/mol. The molecule has 0 aromatic rings. The van der Waals surface area contributed by atoms with E-state index in [9.17, 15) is 0 Å². The van der Waals surface area contributed by atoms with Crippen molar-refractivity contribution < 1.29 is 25.5 Å². The second kappa shape index (κ2) is 5.45. The molecule has 0 aromatic heterocycles. The van der Waals surface area contributed by atoms with Crippen molar-refractivity contribution in [2.45, 2.75) is 37.8 Å². The van der Waals surface area contributed by atoms with Gasteiger partial charge in [-0.05, 0) is 6.42 Å². The molecule has 0 saturated heterocycles. The molecule has 0 heterocycles. The highest BCUT2D eigenvalue weighted by atomic mass is 16.4. The Labute approximate surface area is 70.9 Å². The molecule has 5 N–H and O–H groups in total. The molecule has 0 aliphatic rings. The van der Waals surface area contributed by atoms with E-state index < -0.39 is 31.0 Å². The largest absolute Gasteiger partial charge is 0.394 e. The van der Waals surface area contributed by atoms with Crippen LogP contribution in [0.25, 0.3) is 0 Å². The van der Waals surface area contributed by atoms with Crippen molar-refractivity contribution in [3.05, 3.63) is 0 Å². The van der Waals surface area contributed by atoms with Crippen LogP contribution in [-0.2, 0) is 0 Å². The van der Waals surface area contributed by atoms with Gasteiger partial charge in [0.25, 0.3) is 0 Å². The molecule has 0 spiro atoms. The van der Waals surface area contributed by atoms with Gasteiger partial charge in [0.2, 0.25) is 0 Å². The van der Waals surface area contributed by atoms with Gasteiger partial charge in [-0.2, -0.15) is 0 Å². The first-order valence-electron chi connectivity index (χ1n) is 3.87. The Kier molecular flexibility index (Phi) is 5.36. The van der Waals surface area contributed by atoms with Crippen LogP contribution < -0.4 is 0 Å². The minimum atomic E-state index is -1.51. The first-order chi connectivity index (χ1) is 5.54. The van der Waals surface area contributed by atoms with Crippen LogP contribution in [0.5, 0.6) is 0 Å². The highest BCUT2D eigenvalue weighted by molar-refractivity contribution is 4.79. The van der Waals surface area contributed by atoms with Crippen LogP contribution in [0.1, 0.15) is 13.3 Å². The first kappa shape index (κ1) is 11.8. The third-order valence-corrected chi connectivity index (χ3v) is 1.74. The van der Waals surface area contributed by atoms with E-state index in [-0.39, 0.29) is 6.42 Å². The summed E-state index contributed by atoms with van der Waals surface area (Å²) in [5, 5.41) is 44.5. The fraction of sp³-hybridized carbons (Fsp3) is 1.00. The minimum absolute atomic E-state index is 0.274. The van der Waals surface area contributed by atoms with E-state index in [1.165, 1.54) is 0 Å². The molecular formula is C7H16O5. The van der Waals surface area contributed by atoms with Crippen LogP contribution in [0, 0.1) is 0 Å². The van der Waals surface area contributed by atoms with Gasteiger partial charge < -0.3 is 25.5 Å². The van der Waals surface area contributed by atoms with Crippen molar-refractivity contribution in [3.63, 3.8) is 0 Å². The van der Waals surface area contributed by atoms with Crippen LogP contribution in [0.3, 0.4) is 0 Å². The Hall–Kier alpha value is -0.200. The molecule has 0 bridgehead atoms. The number of hydrogen-bond acceptors (Lipinski definition) is 5. The molecule has 5 nitrogen and oxygen atoms in total. The fourth-order valence-corrected chi connectivity index (χ4v) is 0.805. The van der Waals surface area contributed by atoms with Crippen molar-refractivity contribution in [1.82, 2.24) is 0 Å². The second-order valence-corrected chi connectivity index (χ2v) is 2.71. The lowest BCUT2D eigenvalue weighted by Gasteiger charge is -2.24. The molecule has 0 rings (SSSR count). The minimum Gasteiger partial charge on any atom is -0.394 e. The van der Waals surface area contributed by atoms with Gasteiger partial charge in [-0.3, -0.25) is 0 Å². The van der Waals surface area contributed by atoms with Crippen LogP contribution in [0.15, 0.2) is 0 Å². The fourth-order valence-electron chi connectivity index (χ4n) is 0.805. The van der Waals surface area contributed by atoms with E-state index in [0.29, 0.717) is 0 Å². The SMILES string of the molecule is CC[C@@H](O)C(O)C(O)[C@H](O)CO. The van der Waals surface area contributed by atoms with Gasteiger partial charge in [-0.15, -0.1) is 0 Å². The van der Waals surface area contributed by atoms with E-state index in [1.54, 1.807) is 6.92 Å². The number of hydrogen-bond donors (Lipinski definition) is 5. The molecule has 0 radical (unpaired) electrons. The maximum absolute atomic E-state index is 9.12. The summed E-state index contributed by atoms with van der Waals surface area (Å²) in [5.74, 6) is 0. The van der Waals surface area contributed by atoms with E-state index >= 15 is 0 Å². The van der Waals surface area contributed by atoms with Gasteiger partial charge in [0.15, 0.2) is 0 Å². The number of rotatable bonds is 5. The normalized spacial score (nSPS) is 21.5. The molecule has 0 saturated carbocycles. The molecule has 74 valence electrons. The lowest BCUT2D eigenvalue weighted by atomic mass is 10.0. The van der Waals surface area contributed by atoms with Crippen LogP contribution in [0.2, 0.25) is 0 Å². The molecular weight excluding hydrogens is 164 g/mol. The molecule has 2 unspecified atom stereocenters. The summed E-state index contributed by atoms with van der Waals surface area (Å²) >= 11 is 0. The van der Waals surface area contributed by atoms with Crippen LogP contribution in [-0.4, -0.2) is 56.6 Å². The molecule has 0 amide bonds. The molecule has 5 heteroatoms. The van der Waals surface area contributed by atoms with Gasteiger partial charge in [0.05, 0.1) is 12.7 Å². The molecule has 0 fully saturated rings. The summed E-state index contributed by atoms with van der Waals surface area (Å²) < 4.78 is 0. The predicted octanol–water partition coefficient (Wildman–Crippen LogP) is -2.17. The molecule has 0 aliphatic carbocycles. The maximum Gasteiger partial charge on any atom is 0.110 e. The number of aliphatic hydroxyl groups excluding tert-OH is 5. The Balaban J connectivity index is 3.99. The van der Waals surface area contributed by atoms with E-state index in [4.69, 9.17) is 25.5 Å². The van der Waals surface area contributed by atoms with E-state index in [2.05, 4.69) is 0 Å². The van der Waals surface area contributed by atoms with Crippen molar-refractivity contribution in [1.29, 1.82) is 0 Å². The van der Waals surface area contributed by atoms with Gasteiger partial charge in [-0.1, -0.05) is 6.92 Å². The summed E-state index contributed by atoms with van der Waals surface area (Å²) in [4.78, 5) is 0. The number of aliphatic hydroxyl groups is 5. The summed E-state index contributed by atoms with van der Waals surface area (Å²) in [6, 6.07) is 0. The highest BCUT2D eigenvalue weighted by Crippen LogP contribution is 2.06. The lowest BCUT2D eigenvalue weighted by molar-refractivity contribution is -0.115. The van der Waals surface area contributed by atoms with Crippen molar-refractivity contribution >= 4 is 0 Å². The quantitative estimate of drug-likeness (QED) is 0.331. The first-order valence-corrected chi connectivity index (χ1v) is 3.87. The monoisotopic (exact) mass is 180 g/mol. The Morgan fingerprint density at radius 2 is 1.33 bits per heavy atom. The highest BCUT2D eigenvalue weighted by Gasteiger charge is 2.28. The summed E-state index contributed by atoms with van der Waals surface area (Å²) in [6.45, 7) is 0.987. The summed E-state index contributed by atoms with van der Waals surface area (Å²) in [7, 11) is 0. The van der Waals surface area contributed by atoms with Crippen LogP contribution in [0.4, 0.5) is 0 Å². The standard InChI is InChI=1S/C7H16O5/c1-2-4(9)6(11)7(12)5(10)3-8/h4-12H,2-3H2,1H3/t4-,5-,6?,7?/m1/s1. The van der Waals surface area contributed by atoms with Gasteiger partial charge in [-0.25, -0.2) is 0 Å².